The summed E-state index contributed by atoms with van der Waals surface area (Å²) >= 11 is 0. The Morgan fingerprint density at radius 2 is 1.62 bits per heavy atom. The summed E-state index contributed by atoms with van der Waals surface area (Å²) in [4.78, 5) is 25.2. The number of aliphatic hydroxyl groups is 1. The fourth-order valence-corrected chi connectivity index (χ4v) is 3.81. The molecule has 0 heterocycles. The van der Waals surface area contributed by atoms with Crippen molar-refractivity contribution in [1.82, 2.24) is 10.6 Å². The molecular formula is C23H36N2O4. The molecule has 162 valence electrons. The number of ether oxygens (including phenoxy) is 1. The number of hydrogen-bond acceptors (Lipinski definition) is 4. The number of methoxy groups -OCH3 is 1. The van der Waals surface area contributed by atoms with Crippen LogP contribution >= 0.6 is 0 Å². The van der Waals surface area contributed by atoms with E-state index in [0.29, 0.717) is 11.3 Å². The molecule has 0 aliphatic heterocycles. The van der Waals surface area contributed by atoms with Crippen LogP contribution in [0.2, 0.25) is 0 Å². The molecule has 6 heteroatoms. The van der Waals surface area contributed by atoms with Crippen molar-refractivity contribution < 1.29 is 19.4 Å². The van der Waals surface area contributed by atoms with Gasteiger partial charge in [0.1, 0.15) is 11.8 Å². The highest BCUT2D eigenvalue weighted by Gasteiger charge is 2.23. The Morgan fingerprint density at radius 3 is 2.17 bits per heavy atom. The summed E-state index contributed by atoms with van der Waals surface area (Å²) in [6.45, 7) is -0.436. The molecule has 1 aliphatic carbocycles. The van der Waals surface area contributed by atoms with Gasteiger partial charge >= 0.3 is 0 Å². The molecule has 6 nitrogen and oxygen atoms in total. The second-order valence-corrected chi connectivity index (χ2v) is 7.91. The molecule has 1 atom stereocenters. The number of hydrogen-bond donors (Lipinski definition) is 3. The molecule has 1 aliphatic rings. The molecule has 1 aromatic rings. The first-order valence-corrected chi connectivity index (χ1v) is 11.0. The van der Waals surface area contributed by atoms with Gasteiger partial charge in [-0.05, 0) is 31.0 Å². The van der Waals surface area contributed by atoms with Crippen LogP contribution < -0.4 is 15.4 Å². The predicted molar refractivity (Wildman–Crippen MR) is 114 cm³/mol. The number of benzene rings is 1. The Kier molecular flexibility index (Phi) is 10.6. The van der Waals surface area contributed by atoms with Gasteiger partial charge in [-0.15, -0.1) is 0 Å². The predicted octanol–water partition coefficient (Wildman–Crippen LogP) is 3.58. The normalized spacial score (nSPS) is 18.0. The number of rotatable bonds is 6. The Hall–Kier alpha value is -2.08. The van der Waals surface area contributed by atoms with Crippen LogP contribution in [0.15, 0.2) is 24.3 Å². The van der Waals surface area contributed by atoms with Gasteiger partial charge in [0.25, 0.3) is 5.91 Å². The van der Waals surface area contributed by atoms with Crippen molar-refractivity contribution in [3.8, 4) is 5.75 Å². The van der Waals surface area contributed by atoms with Crippen LogP contribution in [0.1, 0.15) is 81.0 Å². The summed E-state index contributed by atoms with van der Waals surface area (Å²) in [6.07, 6.45) is 13.0. The fraction of sp³-hybridized carbons (Fsp3) is 0.652. The summed E-state index contributed by atoms with van der Waals surface area (Å²) in [5.41, 5.74) is 0.390. The minimum Gasteiger partial charge on any atom is -0.497 e. The van der Waals surface area contributed by atoms with E-state index in [2.05, 4.69) is 10.6 Å². The lowest BCUT2D eigenvalue weighted by Gasteiger charge is -2.23. The summed E-state index contributed by atoms with van der Waals surface area (Å²) in [6, 6.07) is 5.86. The molecule has 29 heavy (non-hydrogen) atoms. The van der Waals surface area contributed by atoms with Crippen LogP contribution in [0.5, 0.6) is 5.75 Å². The van der Waals surface area contributed by atoms with Crippen molar-refractivity contribution in [2.45, 2.75) is 82.7 Å². The molecule has 1 aromatic carbocycles. The maximum Gasteiger partial charge on any atom is 0.252 e. The first kappa shape index (κ1) is 23.2. The Balaban J connectivity index is 1.91. The van der Waals surface area contributed by atoms with E-state index in [9.17, 15) is 14.7 Å². The van der Waals surface area contributed by atoms with E-state index < -0.39 is 18.6 Å². The van der Waals surface area contributed by atoms with E-state index in [1.54, 1.807) is 24.3 Å². The van der Waals surface area contributed by atoms with Gasteiger partial charge < -0.3 is 20.5 Å². The van der Waals surface area contributed by atoms with Gasteiger partial charge in [0.15, 0.2) is 0 Å². The zero-order chi connectivity index (χ0) is 20.9. The first-order chi connectivity index (χ1) is 14.1. The highest BCUT2D eigenvalue weighted by atomic mass is 16.5. The maximum atomic E-state index is 12.7. The lowest BCUT2D eigenvalue weighted by molar-refractivity contribution is -0.124. The first-order valence-electron chi connectivity index (χ1n) is 11.0. The van der Waals surface area contributed by atoms with Gasteiger partial charge in [-0.2, -0.15) is 0 Å². The van der Waals surface area contributed by atoms with Crippen molar-refractivity contribution in [2.24, 2.45) is 0 Å². The monoisotopic (exact) mass is 404 g/mol. The quantitative estimate of drug-likeness (QED) is 0.676. The van der Waals surface area contributed by atoms with Gasteiger partial charge in [0, 0.05) is 11.6 Å². The molecule has 2 amide bonds. The topological polar surface area (TPSA) is 87.7 Å². The van der Waals surface area contributed by atoms with Crippen LogP contribution in [0, 0.1) is 0 Å². The SMILES string of the molecule is COc1cccc(C(=O)NC(CO)C(=O)NC2CCCCCCCCCCC2)c1. The summed E-state index contributed by atoms with van der Waals surface area (Å²) in [5, 5.41) is 15.4. The average Bonchev–Trinajstić information content (AvgIpc) is 2.73. The van der Waals surface area contributed by atoms with Crippen LogP contribution in [0.3, 0.4) is 0 Å². The molecular weight excluding hydrogens is 368 g/mol. The van der Waals surface area contributed by atoms with E-state index in [-0.39, 0.29) is 11.9 Å². The van der Waals surface area contributed by atoms with Crippen molar-refractivity contribution in [1.29, 1.82) is 0 Å². The summed E-state index contributed by atoms with van der Waals surface area (Å²) in [5.74, 6) is -0.159. The Morgan fingerprint density at radius 1 is 1.03 bits per heavy atom. The molecule has 3 N–H and O–H groups in total. The Bertz CT molecular complexity index is 623. The lowest BCUT2D eigenvalue weighted by Crippen LogP contribution is -2.51. The van der Waals surface area contributed by atoms with Crippen molar-refractivity contribution >= 4 is 11.8 Å². The molecule has 1 fully saturated rings. The maximum absolute atomic E-state index is 12.7. The highest BCUT2D eigenvalue weighted by molar-refractivity contribution is 5.97. The van der Waals surface area contributed by atoms with Gasteiger partial charge in [0.05, 0.1) is 13.7 Å². The zero-order valence-corrected chi connectivity index (χ0v) is 17.6. The third kappa shape index (κ3) is 8.44. The van der Waals surface area contributed by atoms with Crippen LogP contribution in [-0.2, 0) is 4.79 Å². The number of carbonyl (C=O) groups excluding carboxylic acids is 2. The third-order valence-corrected chi connectivity index (χ3v) is 5.59. The van der Waals surface area contributed by atoms with Gasteiger partial charge in [0.2, 0.25) is 5.91 Å². The fourth-order valence-electron chi connectivity index (χ4n) is 3.81. The smallest absolute Gasteiger partial charge is 0.252 e. The number of aliphatic hydroxyl groups excluding tert-OH is 1. The molecule has 1 unspecified atom stereocenters. The second kappa shape index (κ2) is 13.2. The van der Waals surface area contributed by atoms with Crippen molar-refractivity contribution in [3.05, 3.63) is 29.8 Å². The minimum atomic E-state index is -0.963. The van der Waals surface area contributed by atoms with Crippen molar-refractivity contribution in [2.75, 3.05) is 13.7 Å². The van der Waals surface area contributed by atoms with Crippen LogP contribution in [0.25, 0.3) is 0 Å². The van der Waals surface area contributed by atoms with Gasteiger partial charge in [-0.25, -0.2) is 0 Å². The molecule has 0 aromatic heterocycles. The number of nitrogens with one attached hydrogen (secondary N) is 2. The standard InChI is InChI=1S/C23H36N2O4/c1-29-20-15-11-12-18(16-20)22(27)25-21(17-26)23(28)24-19-13-9-7-5-3-2-4-6-8-10-14-19/h11-12,15-16,19,21,26H,2-10,13-14,17H2,1H3,(H,24,28)(H,25,27). The van der Waals surface area contributed by atoms with Crippen molar-refractivity contribution in [3.63, 3.8) is 0 Å². The number of amides is 2. The van der Waals surface area contributed by atoms with E-state index in [4.69, 9.17) is 4.74 Å². The molecule has 2 rings (SSSR count). The molecule has 0 saturated heterocycles. The molecule has 1 saturated carbocycles. The Labute approximate surface area is 174 Å². The van der Waals surface area contributed by atoms with E-state index >= 15 is 0 Å². The molecule has 0 spiro atoms. The zero-order valence-electron chi connectivity index (χ0n) is 17.6. The van der Waals surface area contributed by atoms with Crippen LogP contribution in [0.4, 0.5) is 0 Å². The minimum absolute atomic E-state index is 0.102. The van der Waals surface area contributed by atoms with Crippen LogP contribution in [-0.4, -0.2) is 42.7 Å². The lowest BCUT2D eigenvalue weighted by atomic mass is 9.97. The summed E-state index contributed by atoms with van der Waals surface area (Å²) < 4.78 is 5.13. The van der Waals surface area contributed by atoms with E-state index in [0.717, 1.165) is 25.7 Å². The van der Waals surface area contributed by atoms with E-state index in [1.165, 1.54) is 52.1 Å². The van der Waals surface area contributed by atoms with E-state index in [1.807, 2.05) is 0 Å². The average molecular weight is 405 g/mol. The largest absolute Gasteiger partial charge is 0.497 e. The van der Waals surface area contributed by atoms with Gasteiger partial charge in [-0.3, -0.25) is 9.59 Å². The highest BCUT2D eigenvalue weighted by Crippen LogP contribution is 2.17. The molecule has 0 radical (unpaired) electrons. The molecule has 0 bridgehead atoms. The number of carbonyl (C=O) groups is 2. The third-order valence-electron chi connectivity index (χ3n) is 5.59. The second-order valence-electron chi connectivity index (χ2n) is 7.91. The van der Waals surface area contributed by atoms with Gasteiger partial charge in [-0.1, -0.05) is 63.9 Å². The summed E-state index contributed by atoms with van der Waals surface area (Å²) in [7, 11) is 1.53.